The lowest BCUT2D eigenvalue weighted by Gasteiger charge is -2.47. The summed E-state index contributed by atoms with van der Waals surface area (Å²) in [6, 6.07) is 5.58. The molecule has 2 aliphatic rings. The minimum atomic E-state index is -0.754. The molecule has 0 aliphatic carbocycles. The molecule has 2 fully saturated rings. The van der Waals surface area contributed by atoms with Gasteiger partial charge in [-0.1, -0.05) is 19.8 Å². The van der Waals surface area contributed by atoms with E-state index in [0.717, 1.165) is 19.3 Å². The molecular formula is C18H24FNO4. The van der Waals surface area contributed by atoms with Gasteiger partial charge in [0.2, 0.25) is 0 Å². The number of ether oxygens (including phenoxy) is 2. The standard InChI is InChI=1S/C18H24FNO4/c1-2-3-8-17(22)10-18(24-13-17)11-20(12-18)16(21)9-23-15-6-4-14(19)5-7-15/h4-7,22H,2-3,8-13H2,1H3. The van der Waals surface area contributed by atoms with Crippen LogP contribution in [0.4, 0.5) is 4.39 Å². The summed E-state index contributed by atoms with van der Waals surface area (Å²) in [5, 5.41) is 10.5. The zero-order valence-corrected chi connectivity index (χ0v) is 14.0. The van der Waals surface area contributed by atoms with Crippen molar-refractivity contribution in [1.82, 2.24) is 4.90 Å². The molecule has 0 saturated carbocycles. The number of amides is 1. The van der Waals surface area contributed by atoms with Crippen LogP contribution in [0.2, 0.25) is 0 Å². The van der Waals surface area contributed by atoms with E-state index in [4.69, 9.17) is 9.47 Å². The summed E-state index contributed by atoms with van der Waals surface area (Å²) in [6.07, 6.45) is 3.35. The Kier molecular flexibility index (Phi) is 4.78. The number of hydrogen-bond acceptors (Lipinski definition) is 4. The molecule has 1 aromatic carbocycles. The molecule has 6 heteroatoms. The fraction of sp³-hybridized carbons (Fsp3) is 0.611. The quantitative estimate of drug-likeness (QED) is 0.864. The zero-order valence-electron chi connectivity index (χ0n) is 14.0. The number of benzene rings is 1. The summed E-state index contributed by atoms with van der Waals surface area (Å²) in [4.78, 5) is 13.8. The van der Waals surface area contributed by atoms with Crippen molar-refractivity contribution >= 4 is 5.91 Å². The van der Waals surface area contributed by atoms with Crippen molar-refractivity contribution < 1.29 is 23.8 Å². The molecule has 1 atom stereocenters. The summed E-state index contributed by atoms with van der Waals surface area (Å²) >= 11 is 0. The van der Waals surface area contributed by atoms with Gasteiger partial charge in [0, 0.05) is 6.42 Å². The molecule has 0 aromatic heterocycles. The van der Waals surface area contributed by atoms with Crippen LogP contribution in [0, 0.1) is 5.82 Å². The van der Waals surface area contributed by atoms with Crippen molar-refractivity contribution in [3.63, 3.8) is 0 Å². The minimum absolute atomic E-state index is 0.0815. The fourth-order valence-corrected chi connectivity index (χ4v) is 3.45. The highest BCUT2D eigenvalue weighted by atomic mass is 19.1. The Morgan fingerprint density at radius 2 is 2.08 bits per heavy atom. The Morgan fingerprint density at radius 1 is 1.38 bits per heavy atom. The third kappa shape index (κ3) is 3.70. The summed E-state index contributed by atoms with van der Waals surface area (Å²) in [6.45, 7) is 3.35. The van der Waals surface area contributed by atoms with Gasteiger partial charge in [-0.3, -0.25) is 4.79 Å². The van der Waals surface area contributed by atoms with Gasteiger partial charge >= 0.3 is 0 Å². The number of nitrogens with zero attached hydrogens (tertiary/aromatic N) is 1. The number of halogens is 1. The second-order valence-electron chi connectivity index (χ2n) is 6.97. The number of unbranched alkanes of at least 4 members (excludes halogenated alkanes) is 1. The van der Waals surface area contributed by atoms with E-state index in [1.165, 1.54) is 24.3 Å². The van der Waals surface area contributed by atoms with Crippen LogP contribution >= 0.6 is 0 Å². The topological polar surface area (TPSA) is 59.0 Å². The highest BCUT2D eigenvalue weighted by Crippen LogP contribution is 2.42. The molecule has 3 rings (SSSR count). The van der Waals surface area contributed by atoms with Crippen molar-refractivity contribution in [3.8, 4) is 5.75 Å². The summed E-state index contributed by atoms with van der Waals surface area (Å²) in [5.74, 6) is -0.00380. The van der Waals surface area contributed by atoms with Crippen LogP contribution < -0.4 is 4.74 Å². The van der Waals surface area contributed by atoms with Crippen molar-refractivity contribution in [3.05, 3.63) is 30.1 Å². The molecule has 1 N–H and O–H groups in total. The highest BCUT2D eigenvalue weighted by Gasteiger charge is 2.55. The smallest absolute Gasteiger partial charge is 0.260 e. The largest absolute Gasteiger partial charge is 0.484 e. The van der Waals surface area contributed by atoms with Gasteiger partial charge in [-0.2, -0.15) is 0 Å². The molecular weight excluding hydrogens is 313 g/mol. The second-order valence-corrected chi connectivity index (χ2v) is 6.97. The molecule has 1 spiro atoms. The number of aliphatic hydroxyl groups is 1. The van der Waals surface area contributed by atoms with Crippen molar-refractivity contribution in [2.24, 2.45) is 0 Å². The van der Waals surface area contributed by atoms with E-state index in [1.54, 1.807) is 4.90 Å². The zero-order chi connectivity index (χ0) is 17.2. The monoisotopic (exact) mass is 337 g/mol. The van der Waals surface area contributed by atoms with Crippen LogP contribution in [0.25, 0.3) is 0 Å². The van der Waals surface area contributed by atoms with Gasteiger partial charge in [-0.05, 0) is 30.7 Å². The van der Waals surface area contributed by atoms with Crippen LogP contribution in [0.15, 0.2) is 24.3 Å². The van der Waals surface area contributed by atoms with E-state index >= 15 is 0 Å². The predicted molar refractivity (Wildman–Crippen MR) is 86.2 cm³/mol. The molecule has 5 nitrogen and oxygen atoms in total. The Morgan fingerprint density at radius 3 is 2.75 bits per heavy atom. The van der Waals surface area contributed by atoms with Gasteiger partial charge in [-0.25, -0.2) is 4.39 Å². The van der Waals surface area contributed by atoms with E-state index in [2.05, 4.69) is 6.92 Å². The second kappa shape index (κ2) is 6.69. The van der Waals surface area contributed by atoms with Crippen LogP contribution in [-0.4, -0.2) is 53.4 Å². The van der Waals surface area contributed by atoms with Crippen LogP contribution in [0.1, 0.15) is 32.6 Å². The first-order valence-corrected chi connectivity index (χ1v) is 8.46. The van der Waals surface area contributed by atoms with Gasteiger partial charge in [0.25, 0.3) is 5.91 Å². The summed E-state index contributed by atoms with van der Waals surface area (Å²) < 4.78 is 24.0. The lowest BCUT2D eigenvalue weighted by molar-refractivity contribution is -0.159. The number of likely N-dealkylation sites (tertiary alicyclic amines) is 1. The molecule has 24 heavy (non-hydrogen) atoms. The normalized spacial score (nSPS) is 24.9. The van der Waals surface area contributed by atoms with E-state index in [0.29, 0.717) is 31.9 Å². The number of rotatable bonds is 6. The SMILES string of the molecule is CCCCC1(O)COC2(CN(C(=O)COc3ccc(F)cc3)C2)C1. The Hall–Kier alpha value is -1.66. The molecule has 1 unspecified atom stereocenters. The van der Waals surface area contributed by atoms with Crippen molar-refractivity contribution in [2.75, 3.05) is 26.3 Å². The Labute approximate surface area is 141 Å². The summed E-state index contributed by atoms with van der Waals surface area (Å²) in [7, 11) is 0. The van der Waals surface area contributed by atoms with E-state index < -0.39 is 11.2 Å². The maximum Gasteiger partial charge on any atom is 0.260 e. The van der Waals surface area contributed by atoms with Gasteiger partial charge in [0.1, 0.15) is 17.2 Å². The average Bonchev–Trinajstić information content (AvgIpc) is 2.89. The lowest BCUT2D eigenvalue weighted by Crippen LogP contribution is -2.64. The van der Waals surface area contributed by atoms with Crippen molar-refractivity contribution in [1.29, 1.82) is 0 Å². The third-order valence-corrected chi connectivity index (χ3v) is 4.78. The molecule has 2 saturated heterocycles. The first-order valence-electron chi connectivity index (χ1n) is 8.46. The van der Waals surface area contributed by atoms with E-state index in [9.17, 15) is 14.3 Å². The Bertz CT molecular complexity index is 585. The van der Waals surface area contributed by atoms with Gasteiger partial charge in [0.15, 0.2) is 6.61 Å². The first-order chi connectivity index (χ1) is 11.4. The molecule has 0 radical (unpaired) electrons. The number of carbonyl (C=O) groups excluding carboxylic acids is 1. The molecule has 2 heterocycles. The Balaban J connectivity index is 1.44. The third-order valence-electron chi connectivity index (χ3n) is 4.78. The fourth-order valence-electron chi connectivity index (χ4n) is 3.45. The van der Waals surface area contributed by atoms with Gasteiger partial charge < -0.3 is 19.5 Å². The van der Waals surface area contributed by atoms with Crippen LogP contribution in [0.5, 0.6) is 5.75 Å². The predicted octanol–water partition coefficient (Wildman–Crippen LogP) is 2.13. The first kappa shape index (κ1) is 17.2. The van der Waals surface area contributed by atoms with Gasteiger partial charge in [0.05, 0.1) is 25.3 Å². The highest BCUT2D eigenvalue weighted by molar-refractivity contribution is 5.79. The van der Waals surface area contributed by atoms with Crippen LogP contribution in [0.3, 0.4) is 0 Å². The minimum Gasteiger partial charge on any atom is -0.484 e. The van der Waals surface area contributed by atoms with E-state index in [-0.39, 0.29) is 18.3 Å². The lowest BCUT2D eigenvalue weighted by atomic mass is 9.82. The average molecular weight is 337 g/mol. The molecule has 1 amide bonds. The summed E-state index contributed by atoms with van der Waals surface area (Å²) in [5.41, 5.74) is -1.15. The van der Waals surface area contributed by atoms with E-state index in [1.807, 2.05) is 0 Å². The van der Waals surface area contributed by atoms with Gasteiger partial charge in [-0.15, -0.1) is 0 Å². The maximum absolute atomic E-state index is 12.8. The molecule has 0 bridgehead atoms. The number of carbonyl (C=O) groups is 1. The van der Waals surface area contributed by atoms with Crippen LogP contribution in [-0.2, 0) is 9.53 Å². The molecule has 2 aliphatic heterocycles. The molecule has 1 aromatic rings. The maximum atomic E-state index is 12.8. The number of hydrogen-bond donors (Lipinski definition) is 1. The van der Waals surface area contributed by atoms with Crippen molar-refractivity contribution in [2.45, 2.75) is 43.8 Å². The molecule has 132 valence electrons.